The van der Waals surface area contributed by atoms with E-state index in [0.717, 1.165) is 30.1 Å². The van der Waals surface area contributed by atoms with Crippen molar-refractivity contribution in [2.24, 2.45) is 0 Å². The van der Waals surface area contributed by atoms with Crippen LogP contribution < -0.4 is 9.47 Å². The van der Waals surface area contributed by atoms with Crippen molar-refractivity contribution in [2.75, 3.05) is 13.7 Å². The molecule has 2 heteroatoms. The molecule has 0 bridgehead atoms. The summed E-state index contributed by atoms with van der Waals surface area (Å²) in [7, 11) is 1.66. The average molecular weight is 235 g/mol. The molecular formula is C15H23O2. The molecule has 1 aromatic rings. The molecule has 1 aromatic carbocycles. The lowest BCUT2D eigenvalue weighted by atomic mass is 10.2. The van der Waals surface area contributed by atoms with Crippen molar-refractivity contribution in [3.05, 3.63) is 30.7 Å². The van der Waals surface area contributed by atoms with Crippen LogP contribution in [0.2, 0.25) is 0 Å². The van der Waals surface area contributed by atoms with Crippen LogP contribution in [0, 0.1) is 6.92 Å². The van der Waals surface area contributed by atoms with Crippen LogP contribution in [-0.2, 0) is 0 Å². The summed E-state index contributed by atoms with van der Waals surface area (Å²) in [5.74, 6) is 1.58. The zero-order valence-corrected chi connectivity index (χ0v) is 11.0. The van der Waals surface area contributed by atoms with Gasteiger partial charge in [-0.05, 0) is 31.0 Å². The number of benzene rings is 1. The summed E-state index contributed by atoms with van der Waals surface area (Å²) in [5, 5.41) is 0. The Hall–Kier alpha value is -1.18. The van der Waals surface area contributed by atoms with Crippen LogP contribution in [0.1, 0.15) is 44.6 Å². The van der Waals surface area contributed by atoms with Crippen molar-refractivity contribution in [3.63, 3.8) is 0 Å². The van der Waals surface area contributed by atoms with Crippen LogP contribution >= 0.6 is 0 Å². The van der Waals surface area contributed by atoms with Gasteiger partial charge in [-0.25, -0.2) is 0 Å². The molecule has 0 saturated carbocycles. The number of hydrogen-bond acceptors (Lipinski definition) is 2. The van der Waals surface area contributed by atoms with Gasteiger partial charge in [-0.3, -0.25) is 0 Å². The van der Waals surface area contributed by atoms with Gasteiger partial charge >= 0.3 is 0 Å². The van der Waals surface area contributed by atoms with Gasteiger partial charge in [0.05, 0.1) is 13.7 Å². The van der Waals surface area contributed by atoms with Gasteiger partial charge in [0.2, 0.25) is 0 Å². The minimum atomic E-state index is 0.760. The van der Waals surface area contributed by atoms with Crippen molar-refractivity contribution in [3.8, 4) is 11.5 Å². The van der Waals surface area contributed by atoms with Crippen LogP contribution in [0.5, 0.6) is 11.5 Å². The zero-order valence-electron chi connectivity index (χ0n) is 11.0. The first-order valence-corrected chi connectivity index (χ1v) is 6.40. The molecule has 0 aliphatic carbocycles. The Morgan fingerprint density at radius 3 is 2.53 bits per heavy atom. The summed E-state index contributed by atoms with van der Waals surface area (Å²) in [6, 6.07) is 5.76. The maximum absolute atomic E-state index is 5.71. The van der Waals surface area contributed by atoms with E-state index in [1.165, 1.54) is 25.7 Å². The fourth-order valence-corrected chi connectivity index (χ4v) is 1.72. The number of rotatable bonds is 8. The fraction of sp³-hybridized carbons (Fsp3) is 0.533. The Bertz CT molecular complexity index is 321. The van der Waals surface area contributed by atoms with E-state index in [1.54, 1.807) is 7.11 Å². The highest BCUT2D eigenvalue weighted by Crippen LogP contribution is 2.27. The molecule has 95 valence electrons. The van der Waals surface area contributed by atoms with Gasteiger partial charge in [-0.2, -0.15) is 0 Å². The van der Waals surface area contributed by atoms with Crippen molar-refractivity contribution in [2.45, 2.75) is 39.0 Å². The van der Waals surface area contributed by atoms with Gasteiger partial charge in [-0.1, -0.05) is 38.7 Å². The molecule has 0 amide bonds. The minimum absolute atomic E-state index is 0.760. The zero-order chi connectivity index (χ0) is 12.5. The van der Waals surface area contributed by atoms with E-state index in [1.807, 2.05) is 18.2 Å². The highest BCUT2D eigenvalue weighted by Gasteiger charge is 2.03. The molecular weight excluding hydrogens is 212 g/mol. The fourth-order valence-electron chi connectivity index (χ4n) is 1.72. The summed E-state index contributed by atoms with van der Waals surface area (Å²) in [4.78, 5) is 0. The number of methoxy groups -OCH3 is 1. The van der Waals surface area contributed by atoms with Gasteiger partial charge < -0.3 is 9.47 Å². The lowest BCUT2D eigenvalue weighted by Gasteiger charge is -2.11. The van der Waals surface area contributed by atoms with E-state index in [2.05, 4.69) is 13.8 Å². The maximum atomic E-state index is 5.71. The molecule has 0 N–H and O–H groups in total. The van der Waals surface area contributed by atoms with Gasteiger partial charge in [-0.15, -0.1) is 0 Å². The van der Waals surface area contributed by atoms with Crippen molar-refractivity contribution in [1.29, 1.82) is 0 Å². The lowest BCUT2D eigenvalue weighted by molar-refractivity contribution is 0.284. The van der Waals surface area contributed by atoms with E-state index in [4.69, 9.17) is 9.47 Å². The Labute approximate surface area is 105 Å². The molecule has 2 nitrogen and oxygen atoms in total. The summed E-state index contributed by atoms with van der Waals surface area (Å²) in [6.45, 7) is 6.85. The molecule has 1 radical (unpaired) electrons. The van der Waals surface area contributed by atoms with Crippen LogP contribution in [-0.4, -0.2) is 13.7 Å². The molecule has 0 saturated heterocycles. The number of hydrogen-bond donors (Lipinski definition) is 0. The van der Waals surface area contributed by atoms with E-state index in [9.17, 15) is 0 Å². The first kappa shape index (κ1) is 13.9. The quantitative estimate of drug-likeness (QED) is 0.628. The van der Waals surface area contributed by atoms with E-state index in [-0.39, 0.29) is 0 Å². The highest BCUT2D eigenvalue weighted by atomic mass is 16.5. The first-order valence-electron chi connectivity index (χ1n) is 6.40. The topological polar surface area (TPSA) is 18.5 Å². The van der Waals surface area contributed by atoms with Gasteiger partial charge in [0, 0.05) is 0 Å². The smallest absolute Gasteiger partial charge is 0.161 e. The van der Waals surface area contributed by atoms with Gasteiger partial charge in [0.15, 0.2) is 11.5 Å². The SMILES string of the molecule is [CH2]c1ccc(OCCCCCCC)c(OC)c1. The first-order chi connectivity index (χ1) is 8.27. The van der Waals surface area contributed by atoms with E-state index < -0.39 is 0 Å². The second kappa shape index (κ2) is 7.99. The third kappa shape index (κ3) is 5.12. The Balaban J connectivity index is 2.31. The van der Waals surface area contributed by atoms with E-state index in [0.29, 0.717) is 0 Å². The molecule has 0 aliphatic rings. The molecule has 0 fully saturated rings. The predicted octanol–water partition coefficient (Wildman–Crippen LogP) is 4.23. The van der Waals surface area contributed by atoms with Crippen LogP contribution in [0.15, 0.2) is 18.2 Å². The molecule has 0 aromatic heterocycles. The van der Waals surface area contributed by atoms with Gasteiger partial charge in [0.1, 0.15) is 0 Å². The minimum Gasteiger partial charge on any atom is -0.493 e. The third-order valence-corrected chi connectivity index (χ3v) is 2.73. The summed E-state index contributed by atoms with van der Waals surface area (Å²) in [6.07, 6.45) is 6.24. The standard InChI is InChI=1S/C15H23O2/c1-4-5-6-7-8-11-17-14-10-9-13(2)12-15(14)16-3/h9-10,12H,2,4-8,11H2,1,3H3. The maximum Gasteiger partial charge on any atom is 0.161 e. The third-order valence-electron chi connectivity index (χ3n) is 2.73. The summed E-state index contributed by atoms with van der Waals surface area (Å²) >= 11 is 0. The second-order valence-electron chi connectivity index (χ2n) is 4.25. The largest absolute Gasteiger partial charge is 0.493 e. The van der Waals surface area contributed by atoms with Crippen LogP contribution in [0.25, 0.3) is 0 Å². The molecule has 0 atom stereocenters. The normalized spacial score (nSPS) is 10.3. The predicted molar refractivity (Wildman–Crippen MR) is 71.7 cm³/mol. The second-order valence-corrected chi connectivity index (χ2v) is 4.25. The number of unbranched alkanes of at least 4 members (excludes halogenated alkanes) is 4. The molecule has 0 aliphatic heterocycles. The monoisotopic (exact) mass is 235 g/mol. The molecule has 0 unspecified atom stereocenters. The van der Waals surface area contributed by atoms with Gasteiger partial charge in [0.25, 0.3) is 0 Å². The summed E-state index contributed by atoms with van der Waals surface area (Å²) in [5.41, 5.74) is 0.942. The Morgan fingerprint density at radius 1 is 1.06 bits per heavy atom. The molecule has 17 heavy (non-hydrogen) atoms. The Morgan fingerprint density at radius 2 is 1.82 bits per heavy atom. The van der Waals surface area contributed by atoms with E-state index >= 15 is 0 Å². The van der Waals surface area contributed by atoms with Crippen molar-refractivity contribution < 1.29 is 9.47 Å². The molecule has 1 rings (SSSR count). The van der Waals surface area contributed by atoms with Crippen LogP contribution in [0.3, 0.4) is 0 Å². The van der Waals surface area contributed by atoms with Crippen molar-refractivity contribution in [1.82, 2.24) is 0 Å². The van der Waals surface area contributed by atoms with Crippen molar-refractivity contribution >= 4 is 0 Å². The Kier molecular flexibility index (Phi) is 6.53. The average Bonchev–Trinajstić information content (AvgIpc) is 2.35. The number of ether oxygens (including phenoxy) is 2. The molecule has 0 spiro atoms. The highest BCUT2D eigenvalue weighted by molar-refractivity contribution is 5.43. The lowest BCUT2D eigenvalue weighted by Crippen LogP contribution is -1.99. The van der Waals surface area contributed by atoms with Crippen LogP contribution in [0.4, 0.5) is 0 Å². The molecule has 0 heterocycles. The summed E-state index contributed by atoms with van der Waals surface area (Å²) < 4.78 is 11.0.